The lowest BCUT2D eigenvalue weighted by atomic mass is 9.93. The van der Waals surface area contributed by atoms with Gasteiger partial charge in [-0.05, 0) is 55.9 Å². The van der Waals surface area contributed by atoms with E-state index in [0.717, 1.165) is 5.69 Å². The number of aryl methyl sites for hydroxylation is 1. The lowest BCUT2D eigenvalue weighted by Gasteiger charge is -2.11. The van der Waals surface area contributed by atoms with Crippen molar-refractivity contribution in [1.29, 1.82) is 0 Å². The molecule has 1 aliphatic carbocycles. The lowest BCUT2D eigenvalue weighted by Crippen LogP contribution is -1.98. The van der Waals surface area contributed by atoms with E-state index in [-0.39, 0.29) is 0 Å². The summed E-state index contributed by atoms with van der Waals surface area (Å²) in [4.78, 5) is 0. The molecular weight excluding hydrogens is 158 g/mol. The van der Waals surface area contributed by atoms with Crippen molar-refractivity contribution in [3.8, 4) is 0 Å². The summed E-state index contributed by atoms with van der Waals surface area (Å²) >= 11 is 0. The van der Waals surface area contributed by atoms with Gasteiger partial charge in [-0.25, -0.2) is 0 Å². The van der Waals surface area contributed by atoms with Crippen LogP contribution in [-0.4, -0.2) is 0 Å². The molecule has 0 aliphatic heterocycles. The van der Waals surface area contributed by atoms with E-state index in [1.807, 2.05) is 25.0 Å². The fourth-order valence-corrected chi connectivity index (χ4v) is 1.56. The Balaban J connectivity index is 2.29. The molecule has 1 saturated carbocycles. The second kappa shape index (κ2) is 3.41. The van der Waals surface area contributed by atoms with Gasteiger partial charge in [-0.2, -0.15) is 0 Å². The smallest absolute Gasteiger partial charge is 0.0316 e. The SMILES string of the molecule is Cc1cc(N)ccc1[C]1[CH][CH][CH][CH]1. The number of hydrogen-bond acceptors (Lipinski definition) is 1. The van der Waals surface area contributed by atoms with Crippen LogP contribution in [0.5, 0.6) is 0 Å². The number of rotatable bonds is 1. The highest BCUT2D eigenvalue weighted by molar-refractivity contribution is 5.56. The van der Waals surface area contributed by atoms with E-state index < -0.39 is 0 Å². The van der Waals surface area contributed by atoms with Crippen LogP contribution in [0.4, 0.5) is 5.69 Å². The summed E-state index contributed by atoms with van der Waals surface area (Å²) < 4.78 is 0. The molecule has 1 aliphatic rings. The van der Waals surface area contributed by atoms with Gasteiger partial charge in [-0.1, -0.05) is 6.07 Å². The van der Waals surface area contributed by atoms with E-state index in [1.54, 1.807) is 0 Å². The Morgan fingerprint density at radius 3 is 2.38 bits per heavy atom. The minimum atomic E-state index is 0.827. The Labute approximate surface area is 80.0 Å². The van der Waals surface area contributed by atoms with E-state index in [1.165, 1.54) is 17.0 Å². The molecule has 0 saturated heterocycles. The van der Waals surface area contributed by atoms with Crippen LogP contribution in [0.2, 0.25) is 0 Å². The van der Waals surface area contributed by atoms with Gasteiger partial charge in [0.15, 0.2) is 0 Å². The quantitative estimate of drug-likeness (QED) is 0.643. The molecule has 0 amide bonds. The molecule has 13 heavy (non-hydrogen) atoms. The predicted molar refractivity (Wildman–Crippen MR) is 55.1 cm³/mol. The second-order valence-electron chi connectivity index (χ2n) is 3.25. The van der Waals surface area contributed by atoms with E-state index in [2.05, 4.69) is 25.8 Å². The number of anilines is 1. The van der Waals surface area contributed by atoms with E-state index in [0.29, 0.717) is 0 Å². The number of hydrogen-bond donors (Lipinski definition) is 1. The molecule has 0 heterocycles. The largest absolute Gasteiger partial charge is 0.399 e. The van der Waals surface area contributed by atoms with Gasteiger partial charge in [0.05, 0.1) is 0 Å². The summed E-state index contributed by atoms with van der Waals surface area (Å²) in [7, 11) is 0. The van der Waals surface area contributed by atoms with E-state index in [4.69, 9.17) is 5.73 Å². The number of nitrogen functional groups attached to an aromatic ring is 1. The van der Waals surface area contributed by atoms with E-state index in [9.17, 15) is 0 Å². The maximum absolute atomic E-state index is 5.68. The summed E-state index contributed by atoms with van der Waals surface area (Å²) in [5.41, 5.74) is 9.00. The molecule has 1 fully saturated rings. The molecular formula is C12H12N. The van der Waals surface area contributed by atoms with Gasteiger partial charge < -0.3 is 5.73 Å². The lowest BCUT2D eigenvalue weighted by molar-refractivity contribution is 1.24. The van der Waals surface area contributed by atoms with Gasteiger partial charge in [0.1, 0.15) is 0 Å². The first-order valence-electron chi connectivity index (χ1n) is 4.35. The molecule has 0 bridgehead atoms. The first-order chi connectivity index (χ1) is 6.27. The Morgan fingerprint density at radius 1 is 1.08 bits per heavy atom. The normalized spacial score (nSPS) is 17.9. The van der Waals surface area contributed by atoms with Crippen molar-refractivity contribution in [3.63, 3.8) is 0 Å². The predicted octanol–water partition coefficient (Wildman–Crippen LogP) is 2.33. The van der Waals surface area contributed by atoms with Crippen molar-refractivity contribution >= 4 is 5.69 Å². The summed E-state index contributed by atoms with van der Waals surface area (Å²) in [5, 5.41) is 0. The molecule has 0 atom stereocenters. The van der Waals surface area contributed by atoms with Crippen LogP contribution < -0.4 is 5.73 Å². The van der Waals surface area contributed by atoms with Crippen LogP contribution in [0.3, 0.4) is 0 Å². The Morgan fingerprint density at radius 2 is 1.77 bits per heavy atom. The zero-order chi connectivity index (χ0) is 9.26. The third-order valence-corrected chi connectivity index (χ3v) is 2.22. The third kappa shape index (κ3) is 1.69. The van der Waals surface area contributed by atoms with Crippen LogP contribution in [0, 0.1) is 38.5 Å². The van der Waals surface area contributed by atoms with Crippen molar-refractivity contribution in [2.45, 2.75) is 6.92 Å². The molecule has 0 unspecified atom stereocenters. The van der Waals surface area contributed by atoms with Crippen LogP contribution in [-0.2, 0) is 0 Å². The first kappa shape index (κ1) is 8.61. The fraction of sp³-hybridized carbons (Fsp3) is 0.0833. The fourth-order valence-electron chi connectivity index (χ4n) is 1.56. The highest BCUT2D eigenvalue weighted by atomic mass is 14.5. The standard InChI is InChI=1S/C12H12N/c1-9-8-11(13)6-7-12(9)10-4-2-3-5-10/h2-8H,13H2,1H3. The third-order valence-electron chi connectivity index (χ3n) is 2.22. The maximum Gasteiger partial charge on any atom is 0.0316 e. The monoisotopic (exact) mass is 170 g/mol. The maximum atomic E-state index is 5.68. The first-order valence-corrected chi connectivity index (χ1v) is 4.35. The average molecular weight is 170 g/mol. The molecule has 1 aromatic carbocycles. The number of nitrogens with two attached hydrogens (primary N) is 1. The molecule has 2 rings (SSSR count). The summed E-state index contributed by atoms with van der Waals surface area (Å²) in [5.74, 6) is 1.26. The second-order valence-corrected chi connectivity index (χ2v) is 3.25. The van der Waals surface area contributed by atoms with Crippen LogP contribution in [0.1, 0.15) is 11.1 Å². The molecule has 1 heteroatoms. The highest BCUT2D eigenvalue weighted by Crippen LogP contribution is 2.32. The zero-order valence-electron chi connectivity index (χ0n) is 7.62. The average Bonchev–Trinajstić information content (AvgIpc) is 2.56. The van der Waals surface area contributed by atoms with Gasteiger partial charge in [0, 0.05) is 11.6 Å². The molecule has 2 N–H and O–H groups in total. The van der Waals surface area contributed by atoms with Crippen molar-refractivity contribution < 1.29 is 0 Å². The zero-order valence-corrected chi connectivity index (χ0v) is 7.62. The minimum absolute atomic E-state index is 0.827. The van der Waals surface area contributed by atoms with Crippen LogP contribution in [0.15, 0.2) is 18.2 Å². The summed E-state index contributed by atoms with van der Waals surface area (Å²) in [6.45, 7) is 2.08. The van der Waals surface area contributed by atoms with Crippen LogP contribution >= 0.6 is 0 Å². The van der Waals surface area contributed by atoms with Gasteiger partial charge in [0.2, 0.25) is 0 Å². The van der Waals surface area contributed by atoms with Crippen LogP contribution in [0.25, 0.3) is 0 Å². The Kier molecular flexibility index (Phi) is 2.26. The molecule has 0 spiro atoms. The van der Waals surface area contributed by atoms with E-state index >= 15 is 0 Å². The molecule has 0 aromatic heterocycles. The van der Waals surface area contributed by atoms with Crippen molar-refractivity contribution in [3.05, 3.63) is 60.9 Å². The van der Waals surface area contributed by atoms with Gasteiger partial charge in [-0.3, -0.25) is 0 Å². The Hall–Kier alpha value is -0.980. The molecule has 1 nitrogen and oxygen atoms in total. The number of benzene rings is 1. The summed E-state index contributed by atoms with van der Waals surface area (Å²) in [6, 6.07) is 6.01. The van der Waals surface area contributed by atoms with Gasteiger partial charge in [0.25, 0.3) is 0 Å². The highest BCUT2D eigenvalue weighted by Gasteiger charge is 2.19. The Bertz CT molecular complexity index is 298. The van der Waals surface area contributed by atoms with Crippen molar-refractivity contribution in [2.24, 2.45) is 0 Å². The molecule has 65 valence electrons. The summed E-state index contributed by atoms with van der Waals surface area (Å²) in [6.07, 6.45) is 8.31. The van der Waals surface area contributed by atoms with Gasteiger partial charge >= 0.3 is 0 Å². The van der Waals surface area contributed by atoms with Gasteiger partial charge in [-0.15, -0.1) is 0 Å². The molecule has 1 aromatic rings. The minimum Gasteiger partial charge on any atom is -0.399 e. The van der Waals surface area contributed by atoms with Crippen molar-refractivity contribution in [1.82, 2.24) is 0 Å². The topological polar surface area (TPSA) is 26.0 Å². The van der Waals surface area contributed by atoms with Crippen molar-refractivity contribution in [2.75, 3.05) is 5.73 Å². The molecule has 5 radical (unpaired) electrons.